The molecule has 2 rings (SSSR count). The van der Waals surface area contributed by atoms with Crippen molar-refractivity contribution in [3.05, 3.63) is 0 Å². The Bertz CT molecular complexity index is 505. The molecule has 6 nitrogen and oxygen atoms in total. The van der Waals surface area contributed by atoms with Gasteiger partial charge in [0.1, 0.15) is 0 Å². The van der Waals surface area contributed by atoms with Crippen LogP contribution in [0.25, 0.3) is 0 Å². The molecule has 0 aliphatic carbocycles. The smallest absolute Gasteiger partial charge is 0.401 e. The zero-order valence-electron chi connectivity index (χ0n) is 15.9. The van der Waals surface area contributed by atoms with Crippen molar-refractivity contribution in [1.82, 2.24) is 15.1 Å². The van der Waals surface area contributed by atoms with Gasteiger partial charge in [-0.05, 0) is 33.1 Å². The van der Waals surface area contributed by atoms with Gasteiger partial charge < -0.3 is 15.0 Å². The van der Waals surface area contributed by atoms with Gasteiger partial charge in [-0.2, -0.15) is 13.2 Å². The van der Waals surface area contributed by atoms with Crippen LogP contribution in [0.15, 0.2) is 4.99 Å². The molecule has 158 valence electrons. The van der Waals surface area contributed by atoms with Crippen molar-refractivity contribution >= 4 is 35.9 Å². The van der Waals surface area contributed by atoms with Crippen LogP contribution in [0, 0.1) is 5.92 Å². The van der Waals surface area contributed by atoms with Crippen LogP contribution < -0.4 is 5.32 Å². The van der Waals surface area contributed by atoms with Gasteiger partial charge in [0.2, 0.25) is 0 Å². The Morgan fingerprint density at radius 2 is 1.96 bits per heavy atom. The Labute approximate surface area is 175 Å². The van der Waals surface area contributed by atoms with Gasteiger partial charge in [0.15, 0.2) is 5.96 Å². The fourth-order valence-electron chi connectivity index (χ4n) is 3.54. The fourth-order valence-corrected chi connectivity index (χ4v) is 3.54. The molecule has 2 aliphatic heterocycles. The van der Waals surface area contributed by atoms with Crippen molar-refractivity contribution < 1.29 is 22.7 Å². The summed E-state index contributed by atoms with van der Waals surface area (Å²) in [6.45, 7) is 5.84. The Kier molecular flexibility index (Phi) is 10.1. The zero-order chi connectivity index (χ0) is 19.2. The van der Waals surface area contributed by atoms with E-state index in [4.69, 9.17) is 4.74 Å². The normalized spacial score (nSPS) is 24.5. The van der Waals surface area contributed by atoms with E-state index in [0.29, 0.717) is 45.2 Å². The van der Waals surface area contributed by atoms with E-state index in [1.807, 2.05) is 11.8 Å². The van der Waals surface area contributed by atoms with Gasteiger partial charge in [0.25, 0.3) is 0 Å². The average Bonchev–Trinajstić information content (AvgIpc) is 3.00. The highest BCUT2D eigenvalue weighted by molar-refractivity contribution is 14.0. The molecule has 2 atom stereocenters. The Morgan fingerprint density at radius 3 is 2.59 bits per heavy atom. The molecule has 0 amide bonds. The lowest BCUT2D eigenvalue weighted by Crippen LogP contribution is -2.51. The van der Waals surface area contributed by atoms with Crippen molar-refractivity contribution in [3.63, 3.8) is 0 Å². The number of likely N-dealkylation sites (tertiary alicyclic amines) is 2. The molecule has 0 aromatic heterocycles. The Balaban J connectivity index is 0.00000364. The lowest BCUT2D eigenvalue weighted by molar-refractivity contribution is -0.149. The molecule has 0 saturated carbocycles. The maximum atomic E-state index is 12.6. The topological polar surface area (TPSA) is 57.2 Å². The first kappa shape index (κ1) is 24.3. The molecular weight excluding hydrogens is 476 g/mol. The molecule has 2 fully saturated rings. The molecule has 2 unspecified atom stereocenters. The summed E-state index contributed by atoms with van der Waals surface area (Å²) in [6, 6.07) is -0.0642. The van der Waals surface area contributed by atoms with E-state index < -0.39 is 12.7 Å². The molecule has 2 aliphatic rings. The van der Waals surface area contributed by atoms with Crippen LogP contribution in [0.1, 0.15) is 33.1 Å². The predicted octanol–water partition coefficient (Wildman–Crippen LogP) is 2.48. The molecule has 1 N–H and O–H groups in total. The van der Waals surface area contributed by atoms with Crippen molar-refractivity contribution in [3.8, 4) is 0 Å². The number of nitrogens with one attached hydrogen (secondary N) is 1. The summed E-state index contributed by atoms with van der Waals surface area (Å²) in [6.07, 6.45) is -1.88. The summed E-state index contributed by atoms with van der Waals surface area (Å²) < 4.78 is 42.8. The van der Waals surface area contributed by atoms with Gasteiger partial charge in [-0.25, -0.2) is 0 Å². The van der Waals surface area contributed by atoms with Crippen LogP contribution in [0.4, 0.5) is 13.2 Å². The number of guanidine groups is 1. The summed E-state index contributed by atoms with van der Waals surface area (Å²) in [7, 11) is 0. The number of ether oxygens (including phenoxy) is 1. The summed E-state index contributed by atoms with van der Waals surface area (Å²) in [5, 5.41) is 3.31. The quantitative estimate of drug-likeness (QED) is 0.269. The van der Waals surface area contributed by atoms with E-state index in [0.717, 1.165) is 19.4 Å². The summed E-state index contributed by atoms with van der Waals surface area (Å²) in [5.41, 5.74) is 0. The first-order chi connectivity index (χ1) is 12.3. The third kappa shape index (κ3) is 8.00. The van der Waals surface area contributed by atoms with E-state index >= 15 is 0 Å². The number of hydrogen-bond acceptors (Lipinski definition) is 4. The van der Waals surface area contributed by atoms with Crippen molar-refractivity contribution in [2.45, 2.75) is 45.3 Å². The number of hydrogen-bond donors (Lipinski definition) is 1. The number of nitrogens with zero attached hydrogens (tertiary/aromatic N) is 3. The molecule has 0 bridgehead atoms. The van der Waals surface area contributed by atoms with Gasteiger partial charge in [0.05, 0.1) is 19.1 Å². The van der Waals surface area contributed by atoms with Gasteiger partial charge in [-0.1, -0.05) is 0 Å². The standard InChI is InChI=1S/C17H29F3N4O2.HI/c1-3-21-16(22-14-7-9-23(11-14)12-17(18,19)20)24-8-5-6-13(10-24)15(25)26-4-2;/h13-14H,3-12H2,1-2H3,(H,21,22);1H. The summed E-state index contributed by atoms with van der Waals surface area (Å²) in [5.74, 6) is 0.309. The number of aliphatic imine (C=N–C) groups is 1. The zero-order valence-corrected chi connectivity index (χ0v) is 18.3. The first-order valence-electron chi connectivity index (χ1n) is 9.34. The second-order valence-electron chi connectivity index (χ2n) is 6.82. The third-order valence-corrected chi connectivity index (χ3v) is 4.66. The second kappa shape index (κ2) is 11.3. The summed E-state index contributed by atoms with van der Waals surface area (Å²) in [4.78, 5) is 20.0. The first-order valence-corrected chi connectivity index (χ1v) is 9.34. The predicted molar refractivity (Wildman–Crippen MR) is 108 cm³/mol. The largest absolute Gasteiger partial charge is 0.466 e. The highest BCUT2D eigenvalue weighted by atomic mass is 127. The van der Waals surface area contributed by atoms with Crippen LogP contribution in [0.3, 0.4) is 0 Å². The van der Waals surface area contributed by atoms with Crippen LogP contribution in [0.5, 0.6) is 0 Å². The van der Waals surface area contributed by atoms with Gasteiger partial charge >= 0.3 is 12.1 Å². The van der Waals surface area contributed by atoms with Crippen LogP contribution in [-0.4, -0.2) is 79.8 Å². The van der Waals surface area contributed by atoms with E-state index in [2.05, 4.69) is 10.3 Å². The molecule has 0 aromatic rings. The maximum Gasteiger partial charge on any atom is 0.401 e. The van der Waals surface area contributed by atoms with Gasteiger partial charge in [-0.15, -0.1) is 24.0 Å². The molecule has 10 heteroatoms. The number of carbonyl (C=O) groups is 1. The minimum Gasteiger partial charge on any atom is -0.466 e. The average molecular weight is 506 g/mol. The molecule has 27 heavy (non-hydrogen) atoms. The summed E-state index contributed by atoms with van der Waals surface area (Å²) >= 11 is 0. The van der Waals surface area contributed by atoms with E-state index in [-0.39, 0.29) is 41.9 Å². The number of alkyl halides is 3. The number of carbonyl (C=O) groups excluding carboxylic acids is 1. The molecule has 0 aromatic carbocycles. The Hall–Kier alpha value is -0.780. The molecular formula is C17H30F3IN4O2. The highest BCUT2D eigenvalue weighted by Crippen LogP contribution is 2.21. The van der Waals surface area contributed by atoms with E-state index in [1.54, 1.807) is 6.92 Å². The second-order valence-corrected chi connectivity index (χ2v) is 6.82. The minimum atomic E-state index is -4.17. The van der Waals surface area contributed by atoms with Crippen molar-refractivity contribution in [1.29, 1.82) is 0 Å². The molecule has 2 saturated heterocycles. The lowest BCUT2D eigenvalue weighted by Gasteiger charge is -2.35. The van der Waals surface area contributed by atoms with Crippen molar-refractivity contribution in [2.75, 3.05) is 45.9 Å². The Morgan fingerprint density at radius 1 is 1.22 bits per heavy atom. The number of halogens is 4. The van der Waals surface area contributed by atoms with Crippen LogP contribution in [-0.2, 0) is 9.53 Å². The van der Waals surface area contributed by atoms with Gasteiger partial charge in [-0.3, -0.25) is 14.7 Å². The number of piperidine rings is 1. The number of rotatable bonds is 5. The molecule has 2 heterocycles. The molecule has 0 spiro atoms. The molecule has 0 radical (unpaired) electrons. The third-order valence-electron chi connectivity index (χ3n) is 4.66. The van der Waals surface area contributed by atoms with Crippen LogP contribution >= 0.6 is 24.0 Å². The van der Waals surface area contributed by atoms with Gasteiger partial charge in [0, 0.05) is 38.8 Å². The SMILES string of the molecule is CCN=C(NC1CCN(CC(F)(F)F)C1)N1CCCC(C(=O)OCC)C1.I. The van der Waals surface area contributed by atoms with E-state index in [9.17, 15) is 18.0 Å². The maximum absolute atomic E-state index is 12.6. The number of esters is 1. The fraction of sp³-hybridized carbons (Fsp3) is 0.882. The van der Waals surface area contributed by atoms with Crippen LogP contribution in [0.2, 0.25) is 0 Å². The van der Waals surface area contributed by atoms with E-state index in [1.165, 1.54) is 4.90 Å². The van der Waals surface area contributed by atoms with Crippen molar-refractivity contribution in [2.24, 2.45) is 10.9 Å². The minimum absolute atomic E-state index is 0. The monoisotopic (exact) mass is 506 g/mol. The lowest BCUT2D eigenvalue weighted by atomic mass is 9.98. The highest BCUT2D eigenvalue weighted by Gasteiger charge is 2.35.